The summed E-state index contributed by atoms with van der Waals surface area (Å²) in [5, 5.41) is 0. The Morgan fingerprint density at radius 1 is 1.00 bits per heavy atom. The fourth-order valence-corrected chi connectivity index (χ4v) is 3.56. The van der Waals surface area contributed by atoms with Gasteiger partial charge in [-0.2, -0.15) is 0 Å². The number of hydrogen-bond acceptors (Lipinski definition) is 3. The molecule has 3 nitrogen and oxygen atoms in total. The van der Waals surface area contributed by atoms with Gasteiger partial charge in [-0.1, -0.05) is 74.5 Å². The van der Waals surface area contributed by atoms with E-state index in [4.69, 9.17) is 4.52 Å². The van der Waals surface area contributed by atoms with E-state index >= 15 is 0 Å². The Bertz CT molecular complexity index is 588. The van der Waals surface area contributed by atoms with Crippen molar-refractivity contribution in [1.29, 1.82) is 0 Å². The molecule has 0 aliphatic rings. The van der Waals surface area contributed by atoms with Gasteiger partial charge in [-0.25, -0.2) is 0 Å². The Morgan fingerprint density at radius 2 is 1.58 bits per heavy atom. The molecule has 0 amide bonds. The first kappa shape index (κ1) is 19.1. The summed E-state index contributed by atoms with van der Waals surface area (Å²) in [6.07, 6.45) is 2.85. The second kappa shape index (κ2) is 9.29. The van der Waals surface area contributed by atoms with Crippen LogP contribution in [-0.4, -0.2) is 16.4 Å². The highest BCUT2D eigenvalue weighted by molar-refractivity contribution is 7.39. The summed E-state index contributed by atoms with van der Waals surface area (Å²) in [7, 11) is -2.33. The van der Waals surface area contributed by atoms with Crippen LogP contribution in [0.3, 0.4) is 0 Å². The van der Waals surface area contributed by atoms with Gasteiger partial charge in [0.15, 0.2) is 0 Å². The SMILES string of the molecule is CCC(CCC(C)c1ccccc1)(COP(O)O)c1ccccc1. The maximum Gasteiger partial charge on any atom is 0.327 e. The maximum absolute atomic E-state index is 9.21. The summed E-state index contributed by atoms with van der Waals surface area (Å²) in [5.74, 6) is 0.450. The Kier molecular flexibility index (Phi) is 7.39. The van der Waals surface area contributed by atoms with Crippen LogP contribution in [0.15, 0.2) is 60.7 Å². The highest BCUT2D eigenvalue weighted by Crippen LogP contribution is 2.39. The van der Waals surface area contributed by atoms with Crippen molar-refractivity contribution in [3.63, 3.8) is 0 Å². The molecule has 2 unspecified atom stereocenters. The standard InChI is InChI=1S/C20H27O3P/c1-3-20(16-23-24(21)22,19-12-8-5-9-13-19)15-14-17(2)18-10-6-4-7-11-18/h4-13,17,21-22H,3,14-16H2,1-2H3. The molecule has 0 aliphatic heterocycles. The maximum atomic E-state index is 9.21. The van der Waals surface area contributed by atoms with Crippen LogP contribution in [0.5, 0.6) is 0 Å². The number of hydrogen-bond donors (Lipinski definition) is 2. The van der Waals surface area contributed by atoms with E-state index in [2.05, 4.69) is 50.2 Å². The molecule has 24 heavy (non-hydrogen) atoms. The van der Waals surface area contributed by atoms with Crippen molar-refractivity contribution in [2.24, 2.45) is 0 Å². The molecule has 0 radical (unpaired) electrons. The summed E-state index contributed by atoms with van der Waals surface area (Å²) in [6, 6.07) is 20.8. The van der Waals surface area contributed by atoms with Crippen LogP contribution in [0, 0.1) is 0 Å². The van der Waals surface area contributed by atoms with Gasteiger partial charge >= 0.3 is 8.60 Å². The van der Waals surface area contributed by atoms with Crippen molar-refractivity contribution in [2.45, 2.75) is 44.4 Å². The first-order valence-corrected chi connectivity index (χ1v) is 9.65. The molecule has 2 aromatic rings. The zero-order chi connectivity index (χ0) is 17.4. The third kappa shape index (κ3) is 5.12. The monoisotopic (exact) mass is 346 g/mol. The molecular weight excluding hydrogens is 319 g/mol. The summed E-state index contributed by atoms with van der Waals surface area (Å²) in [6.45, 7) is 4.71. The smallest absolute Gasteiger partial charge is 0.327 e. The van der Waals surface area contributed by atoms with Gasteiger partial charge in [0.1, 0.15) is 0 Å². The van der Waals surface area contributed by atoms with Crippen molar-refractivity contribution >= 4 is 8.60 Å². The van der Waals surface area contributed by atoms with Crippen molar-refractivity contribution < 1.29 is 14.3 Å². The van der Waals surface area contributed by atoms with Crippen LogP contribution in [-0.2, 0) is 9.94 Å². The highest BCUT2D eigenvalue weighted by Gasteiger charge is 2.32. The van der Waals surface area contributed by atoms with Crippen molar-refractivity contribution in [3.8, 4) is 0 Å². The van der Waals surface area contributed by atoms with Crippen LogP contribution in [0.2, 0.25) is 0 Å². The second-order valence-electron chi connectivity index (χ2n) is 6.38. The van der Waals surface area contributed by atoms with Gasteiger partial charge in [0.05, 0.1) is 6.61 Å². The van der Waals surface area contributed by atoms with Gasteiger partial charge in [0, 0.05) is 5.41 Å². The number of benzene rings is 2. The second-order valence-corrected chi connectivity index (χ2v) is 7.14. The molecule has 0 saturated carbocycles. The highest BCUT2D eigenvalue weighted by atomic mass is 31.2. The Balaban J connectivity index is 2.16. The van der Waals surface area contributed by atoms with Gasteiger partial charge in [0.25, 0.3) is 0 Å². The molecule has 2 rings (SSSR count). The average molecular weight is 346 g/mol. The molecule has 0 spiro atoms. The molecule has 2 atom stereocenters. The van der Waals surface area contributed by atoms with Crippen molar-refractivity contribution in [2.75, 3.05) is 6.61 Å². The van der Waals surface area contributed by atoms with Gasteiger partial charge in [-0.3, -0.25) is 0 Å². The lowest BCUT2D eigenvalue weighted by Crippen LogP contribution is -2.31. The molecule has 0 bridgehead atoms. The Hall–Kier alpha value is -1.25. The first-order chi connectivity index (χ1) is 11.6. The van der Waals surface area contributed by atoms with E-state index in [0.717, 1.165) is 19.3 Å². The first-order valence-electron chi connectivity index (χ1n) is 8.48. The minimum Gasteiger partial charge on any atom is -0.328 e. The summed E-state index contributed by atoms with van der Waals surface area (Å²) < 4.78 is 5.27. The molecule has 130 valence electrons. The van der Waals surface area contributed by atoms with E-state index in [-0.39, 0.29) is 5.41 Å². The van der Waals surface area contributed by atoms with E-state index in [1.807, 2.05) is 24.3 Å². The fourth-order valence-electron chi connectivity index (χ4n) is 3.20. The van der Waals surface area contributed by atoms with E-state index in [9.17, 15) is 9.79 Å². The van der Waals surface area contributed by atoms with Crippen LogP contribution in [0.4, 0.5) is 0 Å². The lowest BCUT2D eigenvalue weighted by Gasteiger charge is -2.34. The van der Waals surface area contributed by atoms with Gasteiger partial charge in [-0.15, -0.1) is 0 Å². The zero-order valence-electron chi connectivity index (χ0n) is 14.4. The van der Waals surface area contributed by atoms with Crippen LogP contribution in [0.1, 0.15) is 50.2 Å². The minimum atomic E-state index is -2.33. The van der Waals surface area contributed by atoms with Crippen LogP contribution >= 0.6 is 8.60 Å². The topological polar surface area (TPSA) is 49.7 Å². The van der Waals surface area contributed by atoms with E-state index < -0.39 is 8.60 Å². The largest absolute Gasteiger partial charge is 0.328 e. The van der Waals surface area contributed by atoms with Crippen molar-refractivity contribution in [3.05, 3.63) is 71.8 Å². The predicted octanol–water partition coefficient (Wildman–Crippen LogP) is 5.15. The normalized spacial score (nSPS) is 15.2. The lowest BCUT2D eigenvalue weighted by atomic mass is 9.73. The van der Waals surface area contributed by atoms with E-state index in [0.29, 0.717) is 12.5 Å². The quantitative estimate of drug-likeness (QED) is 0.618. The third-order valence-corrected chi connectivity index (χ3v) is 5.30. The molecule has 2 N–H and O–H groups in total. The Morgan fingerprint density at radius 3 is 2.12 bits per heavy atom. The Labute approximate surface area is 146 Å². The third-order valence-electron chi connectivity index (χ3n) is 4.94. The fraction of sp³-hybridized carbons (Fsp3) is 0.400. The summed E-state index contributed by atoms with van der Waals surface area (Å²) in [4.78, 5) is 18.4. The van der Waals surface area contributed by atoms with Crippen LogP contribution in [0.25, 0.3) is 0 Å². The summed E-state index contributed by atoms with van der Waals surface area (Å²) in [5.41, 5.74) is 2.34. The van der Waals surface area contributed by atoms with Crippen LogP contribution < -0.4 is 0 Å². The molecule has 0 fully saturated rings. The predicted molar refractivity (Wildman–Crippen MR) is 99.8 cm³/mol. The lowest BCUT2D eigenvalue weighted by molar-refractivity contribution is 0.170. The molecule has 4 heteroatoms. The minimum absolute atomic E-state index is 0.198. The van der Waals surface area contributed by atoms with E-state index in [1.54, 1.807) is 0 Å². The summed E-state index contributed by atoms with van der Waals surface area (Å²) >= 11 is 0. The van der Waals surface area contributed by atoms with Gasteiger partial charge < -0.3 is 14.3 Å². The van der Waals surface area contributed by atoms with Gasteiger partial charge in [-0.05, 0) is 36.3 Å². The zero-order valence-corrected chi connectivity index (χ0v) is 15.3. The average Bonchev–Trinajstić information content (AvgIpc) is 2.63. The number of rotatable bonds is 9. The molecule has 0 aromatic heterocycles. The molecular formula is C20H27O3P. The van der Waals surface area contributed by atoms with E-state index in [1.165, 1.54) is 11.1 Å². The molecule has 0 heterocycles. The van der Waals surface area contributed by atoms with Gasteiger partial charge in [0.2, 0.25) is 0 Å². The molecule has 0 saturated heterocycles. The van der Waals surface area contributed by atoms with Crippen molar-refractivity contribution in [1.82, 2.24) is 0 Å². The molecule has 2 aromatic carbocycles. The molecule has 0 aliphatic carbocycles.